The van der Waals surface area contributed by atoms with Gasteiger partial charge < -0.3 is 20.5 Å². The molecule has 0 spiro atoms. The lowest BCUT2D eigenvalue weighted by atomic mass is 9.99. The van der Waals surface area contributed by atoms with Crippen LogP contribution in [0.5, 0.6) is 17.4 Å². The zero-order chi connectivity index (χ0) is 20.1. The van der Waals surface area contributed by atoms with E-state index in [2.05, 4.69) is 25.3 Å². The van der Waals surface area contributed by atoms with Crippen molar-refractivity contribution >= 4 is 5.82 Å². The highest BCUT2D eigenvalue weighted by molar-refractivity contribution is 5.55. The second-order valence-corrected chi connectivity index (χ2v) is 7.18. The highest BCUT2D eigenvalue weighted by Crippen LogP contribution is 2.31. The maximum Gasteiger partial charge on any atom is 0.263 e. The molecule has 1 saturated carbocycles. The zero-order valence-electron chi connectivity index (χ0n) is 16.3. The third-order valence-electron chi connectivity index (χ3n) is 5.02. The summed E-state index contributed by atoms with van der Waals surface area (Å²) in [6.07, 6.45) is 9.27. The number of hydrogen-bond donors (Lipinski definition) is 2. The number of anilines is 1. The summed E-state index contributed by atoms with van der Waals surface area (Å²) in [6.45, 7) is 0.613. The number of hydrogen-bond acceptors (Lipinski definition) is 8. The molecule has 0 unspecified atom stereocenters. The van der Waals surface area contributed by atoms with Gasteiger partial charge in [-0.05, 0) is 43.2 Å². The largest absolute Gasteiger partial charge is 0.497 e. The minimum Gasteiger partial charge on any atom is -0.497 e. The predicted molar refractivity (Wildman–Crippen MR) is 110 cm³/mol. The fourth-order valence-electron chi connectivity index (χ4n) is 3.37. The van der Waals surface area contributed by atoms with Crippen LogP contribution in [0.15, 0.2) is 48.9 Å². The average molecular weight is 392 g/mol. The smallest absolute Gasteiger partial charge is 0.263 e. The van der Waals surface area contributed by atoms with Crippen molar-refractivity contribution in [3.63, 3.8) is 0 Å². The van der Waals surface area contributed by atoms with Gasteiger partial charge in [-0.2, -0.15) is 0 Å². The topological polar surface area (TPSA) is 108 Å². The van der Waals surface area contributed by atoms with Gasteiger partial charge in [0.15, 0.2) is 11.6 Å². The second kappa shape index (κ2) is 8.40. The first kappa shape index (κ1) is 19.1. The molecule has 0 aliphatic heterocycles. The quantitative estimate of drug-likeness (QED) is 0.630. The van der Waals surface area contributed by atoms with Gasteiger partial charge in [0, 0.05) is 24.5 Å². The summed E-state index contributed by atoms with van der Waals surface area (Å²) in [5.41, 5.74) is 6.79. The maximum atomic E-state index is 6.48. The molecule has 1 aromatic carbocycles. The molecule has 0 amide bonds. The molecule has 1 aliphatic carbocycles. The molecule has 0 atom stereocenters. The standard InChI is InChI=1S/C21H24N6O2/c1-28-15-5-7-16(8-6-15)29-20-19(26-14-21(22)9-2-3-10-21)25-13-17(27-20)18-23-11-4-12-24-18/h4-8,11-13H,2-3,9-10,14,22H2,1H3,(H,25,26). The van der Waals surface area contributed by atoms with E-state index < -0.39 is 0 Å². The van der Waals surface area contributed by atoms with Crippen molar-refractivity contribution < 1.29 is 9.47 Å². The third kappa shape index (κ3) is 4.60. The molecular weight excluding hydrogens is 368 g/mol. The average Bonchev–Trinajstić information content (AvgIpc) is 3.21. The number of nitrogens with zero attached hydrogens (tertiary/aromatic N) is 4. The molecule has 150 valence electrons. The summed E-state index contributed by atoms with van der Waals surface area (Å²) in [7, 11) is 1.62. The highest BCUT2D eigenvalue weighted by Gasteiger charge is 2.29. The Labute approximate surface area is 169 Å². The molecule has 29 heavy (non-hydrogen) atoms. The maximum absolute atomic E-state index is 6.48. The van der Waals surface area contributed by atoms with Crippen molar-refractivity contribution in [3.05, 3.63) is 48.9 Å². The van der Waals surface area contributed by atoms with Crippen LogP contribution in [0.3, 0.4) is 0 Å². The molecule has 3 aromatic rings. The van der Waals surface area contributed by atoms with Gasteiger partial charge >= 0.3 is 0 Å². The van der Waals surface area contributed by atoms with Gasteiger partial charge in [0.25, 0.3) is 5.88 Å². The Hall–Kier alpha value is -3.26. The van der Waals surface area contributed by atoms with Crippen LogP contribution in [0, 0.1) is 0 Å². The summed E-state index contributed by atoms with van der Waals surface area (Å²) in [5.74, 6) is 2.74. The van der Waals surface area contributed by atoms with E-state index in [0.717, 1.165) is 31.4 Å². The number of rotatable bonds is 7. The van der Waals surface area contributed by atoms with Crippen molar-refractivity contribution in [1.29, 1.82) is 0 Å². The van der Waals surface area contributed by atoms with Crippen molar-refractivity contribution in [1.82, 2.24) is 19.9 Å². The van der Waals surface area contributed by atoms with Gasteiger partial charge in [-0.1, -0.05) is 12.8 Å². The van der Waals surface area contributed by atoms with Crippen LogP contribution in [0.1, 0.15) is 25.7 Å². The SMILES string of the molecule is COc1ccc(Oc2nc(-c3ncccn3)cnc2NCC2(N)CCCC2)cc1. The Morgan fingerprint density at radius 3 is 2.41 bits per heavy atom. The molecule has 2 heterocycles. The summed E-state index contributed by atoms with van der Waals surface area (Å²) in [6, 6.07) is 9.04. The van der Waals surface area contributed by atoms with Crippen LogP contribution < -0.4 is 20.5 Å². The predicted octanol–water partition coefficient (Wildman–Crippen LogP) is 3.42. The van der Waals surface area contributed by atoms with E-state index in [1.54, 1.807) is 31.8 Å². The number of methoxy groups -OCH3 is 1. The normalized spacial score (nSPS) is 15.1. The molecule has 8 nitrogen and oxygen atoms in total. The molecule has 8 heteroatoms. The molecule has 0 bridgehead atoms. The third-order valence-corrected chi connectivity index (χ3v) is 5.02. The number of aromatic nitrogens is 4. The van der Waals surface area contributed by atoms with Crippen LogP contribution in [0.4, 0.5) is 5.82 Å². The Morgan fingerprint density at radius 2 is 1.72 bits per heavy atom. The summed E-state index contributed by atoms with van der Waals surface area (Å²) in [5, 5.41) is 3.33. The Bertz CT molecular complexity index is 943. The van der Waals surface area contributed by atoms with E-state index >= 15 is 0 Å². The molecule has 2 aromatic heterocycles. The number of nitrogens with one attached hydrogen (secondary N) is 1. The van der Waals surface area contributed by atoms with Crippen molar-refractivity contribution in [2.24, 2.45) is 5.73 Å². The molecular formula is C21H24N6O2. The lowest BCUT2D eigenvalue weighted by molar-refractivity contribution is 0.412. The van der Waals surface area contributed by atoms with E-state index in [4.69, 9.17) is 15.2 Å². The molecule has 3 N–H and O–H groups in total. The van der Waals surface area contributed by atoms with Gasteiger partial charge in [0.05, 0.1) is 13.3 Å². The molecule has 1 aliphatic rings. The van der Waals surface area contributed by atoms with E-state index in [0.29, 0.717) is 35.5 Å². The lowest BCUT2D eigenvalue weighted by Crippen LogP contribution is -2.43. The summed E-state index contributed by atoms with van der Waals surface area (Å²) < 4.78 is 11.2. The van der Waals surface area contributed by atoms with E-state index in [-0.39, 0.29) is 5.54 Å². The highest BCUT2D eigenvalue weighted by atomic mass is 16.5. The van der Waals surface area contributed by atoms with Crippen LogP contribution >= 0.6 is 0 Å². The van der Waals surface area contributed by atoms with Gasteiger partial charge in [-0.15, -0.1) is 0 Å². The second-order valence-electron chi connectivity index (χ2n) is 7.18. The molecule has 0 saturated heterocycles. The number of benzene rings is 1. The summed E-state index contributed by atoms with van der Waals surface area (Å²) >= 11 is 0. The first-order chi connectivity index (χ1) is 14.1. The molecule has 1 fully saturated rings. The Morgan fingerprint density at radius 1 is 1.03 bits per heavy atom. The van der Waals surface area contributed by atoms with Crippen molar-refractivity contribution in [2.75, 3.05) is 19.0 Å². The Balaban J connectivity index is 1.61. The van der Waals surface area contributed by atoms with Crippen LogP contribution in [-0.4, -0.2) is 39.1 Å². The van der Waals surface area contributed by atoms with Gasteiger partial charge in [0.1, 0.15) is 17.2 Å². The zero-order valence-corrected chi connectivity index (χ0v) is 16.3. The molecule has 4 rings (SSSR count). The van der Waals surface area contributed by atoms with E-state index in [1.165, 1.54) is 0 Å². The monoisotopic (exact) mass is 392 g/mol. The van der Waals surface area contributed by atoms with E-state index in [9.17, 15) is 0 Å². The fraction of sp³-hybridized carbons (Fsp3) is 0.333. The van der Waals surface area contributed by atoms with Gasteiger partial charge in [-0.3, -0.25) is 0 Å². The first-order valence-electron chi connectivity index (χ1n) is 9.64. The Kier molecular flexibility index (Phi) is 5.53. The lowest BCUT2D eigenvalue weighted by Gasteiger charge is -2.24. The van der Waals surface area contributed by atoms with Crippen molar-refractivity contribution in [2.45, 2.75) is 31.2 Å². The number of ether oxygens (including phenoxy) is 2. The number of nitrogens with two attached hydrogens (primary N) is 1. The van der Waals surface area contributed by atoms with Gasteiger partial charge in [-0.25, -0.2) is 19.9 Å². The van der Waals surface area contributed by atoms with E-state index in [1.807, 2.05) is 24.3 Å². The minimum atomic E-state index is -0.222. The van der Waals surface area contributed by atoms with Crippen LogP contribution in [0.2, 0.25) is 0 Å². The van der Waals surface area contributed by atoms with Crippen molar-refractivity contribution in [3.8, 4) is 28.9 Å². The van der Waals surface area contributed by atoms with Crippen LogP contribution in [0.25, 0.3) is 11.5 Å². The molecule has 0 radical (unpaired) electrons. The minimum absolute atomic E-state index is 0.222. The fourth-order valence-corrected chi connectivity index (χ4v) is 3.37. The van der Waals surface area contributed by atoms with Gasteiger partial charge in [0.2, 0.25) is 0 Å². The first-order valence-corrected chi connectivity index (χ1v) is 9.64. The van der Waals surface area contributed by atoms with Crippen LogP contribution in [-0.2, 0) is 0 Å². The summed E-state index contributed by atoms with van der Waals surface area (Å²) in [4.78, 5) is 17.6.